The minimum atomic E-state index is 0.00618. The first kappa shape index (κ1) is 17.1. The van der Waals surface area contributed by atoms with Crippen LogP contribution in [0, 0.1) is 0 Å². The summed E-state index contributed by atoms with van der Waals surface area (Å²) in [7, 11) is 1.62. The number of nitrogens with one attached hydrogen (secondary N) is 1. The van der Waals surface area contributed by atoms with E-state index in [1.807, 2.05) is 47.8 Å². The summed E-state index contributed by atoms with van der Waals surface area (Å²) in [5, 5.41) is 5.93. The van der Waals surface area contributed by atoms with Gasteiger partial charge < -0.3 is 10.1 Å². The number of hydrogen-bond acceptors (Lipinski definition) is 5. The molecule has 0 aliphatic heterocycles. The smallest absolute Gasteiger partial charge is 0.224 e. The minimum Gasteiger partial charge on any atom is -0.497 e. The molecular weight excluding hydrogens is 334 g/mol. The third-order valence-electron chi connectivity index (χ3n) is 3.66. The number of pyridine rings is 1. The molecule has 0 saturated heterocycles. The molecule has 1 amide bonds. The second-order valence-electron chi connectivity index (χ2n) is 5.47. The normalized spacial score (nSPS) is 10.4. The highest BCUT2D eigenvalue weighted by Crippen LogP contribution is 2.19. The Morgan fingerprint density at radius 3 is 2.72 bits per heavy atom. The summed E-state index contributed by atoms with van der Waals surface area (Å²) in [6, 6.07) is 13.3. The Morgan fingerprint density at radius 2 is 2.00 bits per heavy atom. The highest BCUT2D eigenvalue weighted by atomic mass is 32.1. The molecule has 0 aliphatic rings. The van der Waals surface area contributed by atoms with Gasteiger partial charge in [0, 0.05) is 24.5 Å². The molecule has 0 atom stereocenters. The van der Waals surface area contributed by atoms with Crippen LogP contribution in [-0.4, -0.2) is 29.5 Å². The molecule has 1 N–H and O–H groups in total. The van der Waals surface area contributed by atoms with E-state index in [0.717, 1.165) is 27.7 Å². The summed E-state index contributed by atoms with van der Waals surface area (Å²) in [5.74, 6) is 0.795. The van der Waals surface area contributed by atoms with E-state index >= 15 is 0 Å². The van der Waals surface area contributed by atoms with E-state index in [2.05, 4.69) is 15.3 Å². The number of thiazole rings is 1. The second kappa shape index (κ2) is 8.39. The largest absolute Gasteiger partial charge is 0.497 e. The van der Waals surface area contributed by atoms with Crippen molar-refractivity contribution in [1.82, 2.24) is 15.3 Å². The maximum absolute atomic E-state index is 12.0. The molecule has 1 aromatic carbocycles. The van der Waals surface area contributed by atoms with Crippen LogP contribution in [0.15, 0.2) is 54.0 Å². The zero-order valence-corrected chi connectivity index (χ0v) is 14.8. The zero-order chi connectivity index (χ0) is 17.5. The van der Waals surface area contributed by atoms with Gasteiger partial charge in [0.2, 0.25) is 5.91 Å². The highest BCUT2D eigenvalue weighted by Gasteiger charge is 2.07. The van der Waals surface area contributed by atoms with Crippen molar-refractivity contribution in [3.8, 4) is 17.1 Å². The van der Waals surface area contributed by atoms with E-state index in [9.17, 15) is 4.79 Å². The predicted molar refractivity (Wildman–Crippen MR) is 98.8 cm³/mol. The zero-order valence-electron chi connectivity index (χ0n) is 13.9. The first-order chi connectivity index (χ1) is 12.2. The maximum Gasteiger partial charge on any atom is 0.224 e. The Morgan fingerprint density at radius 1 is 1.16 bits per heavy atom. The average Bonchev–Trinajstić information content (AvgIpc) is 3.12. The van der Waals surface area contributed by atoms with Crippen molar-refractivity contribution in [2.45, 2.75) is 12.8 Å². The number of benzene rings is 1. The Hall–Kier alpha value is -2.73. The number of amides is 1. The summed E-state index contributed by atoms with van der Waals surface area (Å²) in [6.07, 6.45) is 2.83. The van der Waals surface area contributed by atoms with Gasteiger partial charge in [0.05, 0.1) is 29.9 Å². The topological polar surface area (TPSA) is 64.1 Å². The quantitative estimate of drug-likeness (QED) is 0.709. The average molecular weight is 353 g/mol. The minimum absolute atomic E-state index is 0.00618. The first-order valence-corrected chi connectivity index (χ1v) is 8.88. The number of methoxy groups -OCH3 is 1. The summed E-state index contributed by atoms with van der Waals surface area (Å²) in [4.78, 5) is 20.9. The molecule has 2 heterocycles. The van der Waals surface area contributed by atoms with Gasteiger partial charge in [0.15, 0.2) is 0 Å². The number of carbonyl (C=O) groups is 1. The van der Waals surface area contributed by atoms with Crippen LogP contribution >= 0.6 is 11.3 Å². The molecule has 128 valence electrons. The predicted octanol–water partition coefficient (Wildman–Crippen LogP) is 3.12. The second-order valence-corrected chi connectivity index (χ2v) is 6.41. The van der Waals surface area contributed by atoms with Crippen LogP contribution in [0.1, 0.15) is 10.6 Å². The molecule has 0 aliphatic carbocycles. The SMILES string of the molecule is COc1ccc(CC(=O)NCCc2nc(-c3ccccn3)cs2)cc1. The third-order valence-corrected chi connectivity index (χ3v) is 4.57. The molecule has 0 radical (unpaired) electrons. The van der Waals surface area contributed by atoms with Gasteiger partial charge >= 0.3 is 0 Å². The van der Waals surface area contributed by atoms with Gasteiger partial charge in [-0.25, -0.2) is 4.98 Å². The van der Waals surface area contributed by atoms with Crippen LogP contribution in [0.4, 0.5) is 0 Å². The molecule has 25 heavy (non-hydrogen) atoms. The van der Waals surface area contributed by atoms with Crippen molar-refractivity contribution >= 4 is 17.2 Å². The van der Waals surface area contributed by atoms with Gasteiger partial charge in [-0.15, -0.1) is 11.3 Å². The van der Waals surface area contributed by atoms with Gasteiger partial charge in [0.25, 0.3) is 0 Å². The van der Waals surface area contributed by atoms with E-state index in [0.29, 0.717) is 19.4 Å². The van der Waals surface area contributed by atoms with Crippen LogP contribution in [0.3, 0.4) is 0 Å². The van der Waals surface area contributed by atoms with Crippen molar-refractivity contribution in [2.75, 3.05) is 13.7 Å². The molecule has 0 unspecified atom stereocenters. The van der Waals surface area contributed by atoms with Gasteiger partial charge in [-0.3, -0.25) is 9.78 Å². The first-order valence-electron chi connectivity index (χ1n) is 8.00. The van der Waals surface area contributed by atoms with Crippen molar-refractivity contribution in [3.05, 3.63) is 64.6 Å². The molecule has 0 spiro atoms. The third kappa shape index (κ3) is 4.87. The number of rotatable bonds is 7. The lowest BCUT2D eigenvalue weighted by molar-refractivity contribution is -0.120. The van der Waals surface area contributed by atoms with Crippen molar-refractivity contribution < 1.29 is 9.53 Å². The Bertz CT molecular complexity index is 816. The van der Waals surface area contributed by atoms with Crippen LogP contribution in [0.2, 0.25) is 0 Å². The Kier molecular flexibility index (Phi) is 5.74. The summed E-state index contributed by atoms with van der Waals surface area (Å²) in [5.41, 5.74) is 2.71. The lowest BCUT2D eigenvalue weighted by atomic mass is 10.1. The summed E-state index contributed by atoms with van der Waals surface area (Å²) in [6.45, 7) is 0.574. The van der Waals surface area contributed by atoms with Gasteiger partial charge in [-0.05, 0) is 29.8 Å². The highest BCUT2D eigenvalue weighted by molar-refractivity contribution is 7.09. The molecule has 3 aromatic rings. The molecular formula is C19H19N3O2S. The Labute approximate surface area is 150 Å². The number of ether oxygens (including phenoxy) is 1. The lowest BCUT2D eigenvalue weighted by Crippen LogP contribution is -2.27. The number of nitrogens with zero attached hydrogens (tertiary/aromatic N) is 2. The van der Waals surface area contributed by atoms with Crippen molar-refractivity contribution in [2.24, 2.45) is 0 Å². The van der Waals surface area contributed by atoms with Crippen LogP contribution in [0.25, 0.3) is 11.4 Å². The standard InChI is InChI=1S/C19H19N3O2S/c1-24-15-7-5-14(6-8-15)12-18(23)21-11-9-19-22-17(13-25-19)16-4-2-3-10-20-16/h2-8,10,13H,9,11-12H2,1H3,(H,21,23). The fraction of sp³-hybridized carbons (Fsp3) is 0.211. The number of carbonyl (C=O) groups excluding carboxylic acids is 1. The molecule has 6 heteroatoms. The van der Waals surface area contributed by atoms with Crippen LogP contribution < -0.4 is 10.1 Å². The van der Waals surface area contributed by atoms with Gasteiger partial charge in [0.1, 0.15) is 5.75 Å². The van der Waals surface area contributed by atoms with Gasteiger partial charge in [-0.1, -0.05) is 18.2 Å². The summed E-state index contributed by atoms with van der Waals surface area (Å²) >= 11 is 1.59. The fourth-order valence-electron chi connectivity index (χ4n) is 2.36. The van der Waals surface area contributed by atoms with Crippen LogP contribution in [0.5, 0.6) is 5.75 Å². The maximum atomic E-state index is 12.0. The molecule has 5 nitrogen and oxygen atoms in total. The monoisotopic (exact) mass is 353 g/mol. The van der Waals surface area contributed by atoms with E-state index in [1.54, 1.807) is 24.6 Å². The van der Waals surface area contributed by atoms with E-state index in [4.69, 9.17) is 4.74 Å². The van der Waals surface area contributed by atoms with E-state index in [-0.39, 0.29) is 5.91 Å². The molecule has 2 aromatic heterocycles. The molecule has 0 fully saturated rings. The lowest BCUT2D eigenvalue weighted by Gasteiger charge is -2.05. The Balaban J connectivity index is 1.46. The van der Waals surface area contributed by atoms with Crippen molar-refractivity contribution in [3.63, 3.8) is 0 Å². The van der Waals surface area contributed by atoms with Gasteiger partial charge in [-0.2, -0.15) is 0 Å². The van der Waals surface area contributed by atoms with Crippen molar-refractivity contribution in [1.29, 1.82) is 0 Å². The molecule has 0 bridgehead atoms. The van der Waals surface area contributed by atoms with E-state index in [1.165, 1.54) is 0 Å². The number of aromatic nitrogens is 2. The summed E-state index contributed by atoms with van der Waals surface area (Å²) < 4.78 is 5.11. The molecule has 3 rings (SSSR count). The number of hydrogen-bond donors (Lipinski definition) is 1. The van der Waals surface area contributed by atoms with E-state index < -0.39 is 0 Å². The fourth-order valence-corrected chi connectivity index (χ4v) is 3.15. The van der Waals surface area contributed by atoms with Crippen LogP contribution in [-0.2, 0) is 17.6 Å². The molecule has 0 saturated carbocycles.